The fraction of sp³-hybridized carbons (Fsp3) is 0.385. The molecule has 19 heavy (non-hydrogen) atoms. The Kier molecular flexibility index (Phi) is 5.50. The number of aliphatic hydroxyl groups excluding tert-OH is 1. The van der Waals surface area contributed by atoms with Gasteiger partial charge in [-0.2, -0.15) is 0 Å². The Hall–Kier alpha value is -1.24. The lowest BCUT2D eigenvalue weighted by molar-refractivity contribution is 0.0948. The molecule has 4 nitrogen and oxygen atoms in total. The lowest BCUT2D eigenvalue weighted by Crippen LogP contribution is -2.24. The average Bonchev–Trinajstić information content (AvgIpc) is 3.08. The quantitative estimate of drug-likeness (QED) is 0.772. The Morgan fingerprint density at radius 3 is 2.95 bits per heavy atom. The largest absolute Gasteiger partial charge is 0.396 e. The van der Waals surface area contributed by atoms with E-state index in [-0.39, 0.29) is 12.5 Å². The number of aliphatic hydroxyl groups is 1. The lowest BCUT2D eigenvalue weighted by Gasteiger charge is -2.02. The van der Waals surface area contributed by atoms with Gasteiger partial charge < -0.3 is 10.4 Å². The van der Waals surface area contributed by atoms with Crippen molar-refractivity contribution >= 4 is 28.6 Å². The molecular weight excluding hydrogens is 280 g/mol. The fourth-order valence-corrected chi connectivity index (χ4v) is 3.21. The van der Waals surface area contributed by atoms with Crippen LogP contribution in [-0.4, -0.2) is 29.1 Å². The molecule has 0 atom stereocenters. The lowest BCUT2D eigenvalue weighted by atomic mass is 10.2. The van der Waals surface area contributed by atoms with E-state index in [1.165, 1.54) is 11.3 Å². The third-order valence-corrected chi connectivity index (χ3v) is 4.47. The standard InChI is InChI=1S/C13H16N2O2S2/c16-7-3-1-2-6-14-12(17)10-9-19-13(15-10)11-5-4-8-18-11/h4-5,8-9,16H,1-3,6-7H2,(H,14,17). The van der Waals surface area contributed by atoms with Crippen molar-refractivity contribution in [2.24, 2.45) is 0 Å². The maximum Gasteiger partial charge on any atom is 0.270 e. The van der Waals surface area contributed by atoms with Gasteiger partial charge in [0, 0.05) is 18.5 Å². The van der Waals surface area contributed by atoms with Crippen molar-refractivity contribution in [2.75, 3.05) is 13.2 Å². The van der Waals surface area contributed by atoms with Crippen LogP contribution in [0.25, 0.3) is 9.88 Å². The highest BCUT2D eigenvalue weighted by atomic mass is 32.1. The highest BCUT2D eigenvalue weighted by molar-refractivity contribution is 7.20. The molecule has 2 N–H and O–H groups in total. The predicted octanol–water partition coefficient (Wildman–Crippen LogP) is 2.76. The number of carbonyl (C=O) groups is 1. The normalized spacial score (nSPS) is 10.6. The van der Waals surface area contributed by atoms with Crippen LogP contribution in [0.5, 0.6) is 0 Å². The van der Waals surface area contributed by atoms with Crippen LogP contribution in [0, 0.1) is 0 Å². The molecular formula is C13H16N2O2S2. The van der Waals surface area contributed by atoms with E-state index >= 15 is 0 Å². The van der Waals surface area contributed by atoms with E-state index in [0.717, 1.165) is 29.1 Å². The van der Waals surface area contributed by atoms with Crippen LogP contribution in [0.15, 0.2) is 22.9 Å². The third-order valence-electron chi connectivity index (χ3n) is 2.59. The number of thiazole rings is 1. The van der Waals surface area contributed by atoms with Crippen molar-refractivity contribution < 1.29 is 9.90 Å². The summed E-state index contributed by atoms with van der Waals surface area (Å²) < 4.78 is 0. The van der Waals surface area contributed by atoms with Gasteiger partial charge in [-0.1, -0.05) is 6.07 Å². The number of nitrogens with zero attached hydrogens (tertiary/aromatic N) is 1. The van der Waals surface area contributed by atoms with Crippen molar-refractivity contribution in [3.05, 3.63) is 28.6 Å². The van der Waals surface area contributed by atoms with Crippen LogP contribution in [0.3, 0.4) is 0 Å². The van der Waals surface area contributed by atoms with Gasteiger partial charge in [0.25, 0.3) is 5.91 Å². The Balaban J connectivity index is 1.83. The number of thiophene rings is 1. The van der Waals surface area contributed by atoms with Gasteiger partial charge in [-0.05, 0) is 30.7 Å². The van der Waals surface area contributed by atoms with Crippen molar-refractivity contribution in [2.45, 2.75) is 19.3 Å². The number of rotatable bonds is 7. The molecule has 0 aliphatic heterocycles. The summed E-state index contributed by atoms with van der Waals surface area (Å²) >= 11 is 3.11. The summed E-state index contributed by atoms with van der Waals surface area (Å²) in [6.45, 7) is 0.842. The molecule has 0 saturated heterocycles. The zero-order valence-electron chi connectivity index (χ0n) is 10.5. The van der Waals surface area contributed by atoms with Crippen LogP contribution in [0.4, 0.5) is 0 Å². The molecule has 0 bridgehead atoms. The first kappa shape index (κ1) is 14.2. The highest BCUT2D eigenvalue weighted by Gasteiger charge is 2.11. The number of hydrogen-bond acceptors (Lipinski definition) is 5. The SMILES string of the molecule is O=C(NCCCCCO)c1csc(-c2cccs2)n1. The molecule has 102 valence electrons. The zero-order chi connectivity index (χ0) is 13.5. The molecule has 0 unspecified atom stereocenters. The van der Waals surface area contributed by atoms with Gasteiger partial charge >= 0.3 is 0 Å². The Morgan fingerprint density at radius 2 is 2.21 bits per heavy atom. The maximum absolute atomic E-state index is 11.8. The second-order valence-electron chi connectivity index (χ2n) is 4.06. The van der Waals surface area contributed by atoms with E-state index in [9.17, 15) is 4.79 Å². The van der Waals surface area contributed by atoms with Crippen LogP contribution in [0.2, 0.25) is 0 Å². The zero-order valence-corrected chi connectivity index (χ0v) is 12.1. The number of amides is 1. The van der Waals surface area contributed by atoms with E-state index in [1.807, 2.05) is 17.5 Å². The molecule has 0 spiro atoms. The fourth-order valence-electron chi connectivity index (χ4n) is 1.60. The van der Waals surface area contributed by atoms with Crippen molar-refractivity contribution in [3.63, 3.8) is 0 Å². The van der Waals surface area contributed by atoms with E-state index in [1.54, 1.807) is 16.7 Å². The molecule has 6 heteroatoms. The molecule has 2 aromatic rings. The summed E-state index contributed by atoms with van der Waals surface area (Å²) in [7, 11) is 0. The molecule has 0 radical (unpaired) electrons. The molecule has 0 aromatic carbocycles. The van der Waals surface area contributed by atoms with Gasteiger partial charge in [0.05, 0.1) is 4.88 Å². The summed E-state index contributed by atoms with van der Waals surface area (Å²) in [6, 6.07) is 3.97. The predicted molar refractivity (Wildman–Crippen MR) is 78.7 cm³/mol. The molecule has 1 amide bonds. The molecule has 0 aliphatic carbocycles. The van der Waals surface area contributed by atoms with Crippen molar-refractivity contribution in [1.29, 1.82) is 0 Å². The van der Waals surface area contributed by atoms with Crippen LogP contribution < -0.4 is 5.32 Å². The highest BCUT2D eigenvalue weighted by Crippen LogP contribution is 2.27. The summed E-state index contributed by atoms with van der Waals surface area (Å²) in [5, 5.41) is 16.2. The minimum atomic E-state index is -0.122. The second-order valence-corrected chi connectivity index (χ2v) is 5.86. The van der Waals surface area contributed by atoms with Crippen LogP contribution in [0.1, 0.15) is 29.8 Å². The summed E-state index contributed by atoms with van der Waals surface area (Å²) in [6.07, 6.45) is 2.59. The number of aromatic nitrogens is 1. The maximum atomic E-state index is 11.8. The van der Waals surface area contributed by atoms with Crippen LogP contribution >= 0.6 is 22.7 Å². The first-order valence-electron chi connectivity index (χ1n) is 6.19. The first-order chi connectivity index (χ1) is 9.31. The molecule has 2 aromatic heterocycles. The number of carbonyl (C=O) groups excluding carboxylic acids is 1. The minimum absolute atomic E-state index is 0.122. The van der Waals surface area contributed by atoms with E-state index in [4.69, 9.17) is 5.11 Å². The molecule has 0 fully saturated rings. The Labute approximate surface area is 120 Å². The number of hydrogen-bond donors (Lipinski definition) is 2. The smallest absolute Gasteiger partial charge is 0.270 e. The van der Waals surface area contributed by atoms with Gasteiger partial charge in [0.2, 0.25) is 0 Å². The minimum Gasteiger partial charge on any atom is -0.396 e. The van der Waals surface area contributed by atoms with Crippen LogP contribution in [-0.2, 0) is 0 Å². The van der Waals surface area contributed by atoms with E-state index in [0.29, 0.717) is 12.2 Å². The van der Waals surface area contributed by atoms with Gasteiger partial charge in [-0.25, -0.2) is 4.98 Å². The van der Waals surface area contributed by atoms with Gasteiger partial charge in [-0.3, -0.25) is 4.79 Å². The Bertz CT molecular complexity index is 508. The van der Waals surface area contributed by atoms with Gasteiger partial charge in [0.15, 0.2) is 0 Å². The topological polar surface area (TPSA) is 62.2 Å². The monoisotopic (exact) mass is 296 g/mol. The van der Waals surface area contributed by atoms with E-state index in [2.05, 4.69) is 10.3 Å². The van der Waals surface area contributed by atoms with Gasteiger partial charge in [-0.15, -0.1) is 22.7 Å². The van der Waals surface area contributed by atoms with Gasteiger partial charge in [0.1, 0.15) is 10.7 Å². The van der Waals surface area contributed by atoms with E-state index < -0.39 is 0 Å². The second kappa shape index (κ2) is 7.37. The molecule has 2 rings (SSSR count). The van der Waals surface area contributed by atoms with Crippen molar-refractivity contribution in [1.82, 2.24) is 10.3 Å². The molecule has 2 heterocycles. The number of nitrogens with one attached hydrogen (secondary N) is 1. The molecule has 0 aliphatic rings. The first-order valence-corrected chi connectivity index (χ1v) is 7.95. The van der Waals surface area contributed by atoms with Crippen molar-refractivity contribution in [3.8, 4) is 9.88 Å². The summed E-state index contributed by atoms with van der Waals surface area (Å²) in [5.74, 6) is -0.122. The summed E-state index contributed by atoms with van der Waals surface area (Å²) in [5.41, 5.74) is 0.482. The average molecular weight is 296 g/mol. The Morgan fingerprint density at radius 1 is 1.32 bits per heavy atom. The third kappa shape index (κ3) is 4.12. The summed E-state index contributed by atoms with van der Waals surface area (Å²) in [4.78, 5) is 17.3. The molecule has 0 saturated carbocycles. The number of unbranched alkanes of at least 4 members (excludes halogenated alkanes) is 2.